The minimum atomic E-state index is -0.407. The Kier molecular flexibility index (Phi) is 4.08. The third kappa shape index (κ3) is 2.67. The molecule has 6 nitrogen and oxygen atoms in total. The molecule has 1 aromatic rings. The van der Waals surface area contributed by atoms with Crippen LogP contribution in [0.5, 0.6) is 0 Å². The smallest absolute Gasteiger partial charge is 0.312 e. The van der Waals surface area contributed by atoms with Crippen molar-refractivity contribution in [1.29, 1.82) is 0 Å². The number of ether oxygens (including phenoxy) is 1. The van der Waals surface area contributed by atoms with Gasteiger partial charge in [-0.1, -0.05) is 5.92 Å². The van der Waals surface area contributed by atoms with E-state index in [2.05, 4.69) is 11.0 Å². The zero-order valence-electron chi connectivity index (χ0n) is 11.6. The number of aryl methyl sites for hydroxylation is 1. The highest BCUT2D eigenvalue weighted by atomic mass is 16.5. The zero-order chi connectivity index (χ0) is 14.7. The first-order valence-corrected chi connectivity index (χ1v) is 6.39. The number of amides is 1. The van der Waals surface area contributed by atoms with E-state index in [1.54, 1.807) is 36.1 Å². The summed E-state index contributed by atoms with van der Waals surface area (Å²) >= 11 is 0. The molecule has 1 amide bonds. The second-order valence-electron chi connectivity index (χ2n) is 4.85. The summed E-state index contributed by atoms with van der Waals surface area (Å²) in [7, 11) is 3.49. The van der Waals surface area contributed by atoms with E-state index in [1.807, 2.05) is 0 Å². The molecule has 0 unspecified atom stereocenters. The minimum Gasteiger partial charge on any atom is -0.452 e. The molecule has 1 fully saturated rings. The Morgan fingerprint density at radius 1 is 1.60 bits per heavy atom. The first-order valence-electron chi connectivity index (χ1n) is 6.39. The molecular formula is C14H17N3O3. The highest BCUT2D eigenvalue weighted by Gasteiger charge is 2.40. The molecule has 1 aromatic heterocycles. The number of hydrogen-bond acceptors (Lipinski definition) is 4. The van der Waals surface area contributed by atoms with Gasteiger partial charge in [0.15, 0.2) is 6.61 Å². The van der Waals surface area contributed by atoms with E-state index in [0.29, 0.717) is 12.8 Å². The molecular weight excluding hydrogens is 258 g/mol. The van der Waals surface area contributed by atoms with Crippen molar-refractivity contribution in [3.05, 3.63) is 18.0 Å². The van der Waals surface area contributed by atoms with Crippen LogP contribution in [0.3, 0.4) is 0 Å². The molecule has 20 heavy (non-hydrogen) atoms. The monoisotopic (exact) mass is 275 g/mol. The van der Waals surface area contributed by atoms with Crippen molar-refractivity contribution in [1.82, 2.24) is 14.7 Å². The SMILES string of the molecule is C#CCOC(=O)[C@H]1CCC(=O)N(C)[C@H]1c1cnn(C)c1. The molecule has 1 aliphatic heterocycles. The second-order valence-corrected chi connectivity index (χ2v) is 4.85. The number of carbonyl (C=O) groups excluding carboxylic acids is 2. The zero-order valence-corrected chi connectivity index (χ0v) is 11.6. The fourth-order valence-corrected chi connectivity index (χ4v) is 2.55. The third-order valence-electron chi connectivity index (χ3n) is 3.53. The molecule has 0 N–H and O–H groups in total. The predicted molar refractivity (Wildman–Crippen MR) is 71.2 cm³/mol. The average molecular weight is 275 g/mol. The molecule has 0 saturated carbocycles. The summed E-state index contributed by atoms with van der Waals surface area (Å²) in [5, 5.41) is 4.10. The molecule has 0 spiro atoms. The normalized spacial score (nSPS) is 22.4. The van der Waals surface area contributed by atoms with E-state index in [4.69, 9.17) is 11.2 Å². The maximum Gasteiger partial charge on any atom is 0.312 e. The van der Waals surface area contributed by atoms with Gasteiger partial charge < -0.3 is 9.64 Å². The van der Waals surface area contributed by atoms with Crippen LogP contribution in [0.25, 0.3) is 0 Å². The van der Waals surface area contributed by atoms with Crippen LogP contribution in [0.2, 0.25) is 0 Å². The van der Waals surface area contributed by atoms with Crippen LogP contribution in [-0.2, 0) is 21.4 Å². The molecule has 2 heterocycles. The van der Waals surface area contributed by atoms with Gasteiger partial charge >= 0.3 is 5.97 Å². The summed E-state index contributed by atoms with van der Waals surface area (Å²) < 4.78 is 6.68. The van der Waals surface area contributed by atoms with Gasteiger partial charge in [-0.15, -0.1) is 6.42 Å². The largest absolute Gasteiger partial charge is 0.452 e. The van der Waals surface area contributed by atoms with Crippen LogP contribution in [0, 0.1) is 18.3 Å². The van der Waals surface area contributed by atoms with Crippen molar-refractivity contribution in [3.63, 3.8) is 0 Å². The topological polar surface area (TPSA) is 64.4 Å². The van der Waals surface area contributed by atoms with Gasteiger partial charge in [0.2, 0.25) is 5.91 Å². The summed E-state index contributed by atoms with van der Waals surface area (Å²) in [5.41, 5.74) is 0.825. The van der Waals surface area contributed by atoms with Crippen LogP contribution in [0.1, 0.15) is 24.4 Å². The van der Waals surface area contributed by atoms with Gasteiger partial charge in [-0.3, -0.25) is 14.3 Å². The van der Waals surface area contributed by atoms with Gasteiger partial charge in [-0.05, 0) is 6.42 Å². The Hall–Kier alpha value is -2.29. The van der Waals surface area contributed by atoms with E-state index < -0.39 is 5.92 Å². The summed E-state index contributed by atoms with van der Waals surface area (Å²) in [4.78, 5) is 25.6. The van der Waals surface area contributed by atoms with Crippen LogP contribution in [-0.4, -0.2) is 40.2 Å². The molecule has 2 rings (SSSR count). The van der Waals surface area contributed by atoms with Gasteiger partial charge in [0.25, 0.3) is 0 Å². The average Bonchev–Trinajstić information content (AvgIpc) is 2.85. The van der Waals surface area contributed by atoms with Crippen molar-refractivity contribution in [3.8, 4) is 12.3 Å². The number of hydrogen-bond donors (Lipinski definition) is 0. The molecule has 1 aliphatic rings. The maximum absolute atomic E-state index is 12.1. The quantitative estimate of drug-likeness (QED) is 0.595. The predicted octanol–water partition coefficient (Wildman–Crippen LogP) is 0.506. The Morgan fingerprint density at radius 2 is 2.35 bits per heavy atom. The highest BCUT2D eigenvalue weighted by molar-refractivity contribution is 5.82. The summed E-state index contributed by atoms with van der Waals surface area (Å²) in [6.07, 6.45) is 9.38. The Balaban J connectivity index is 2.26. The number of nitrogens with zero attached hydrogens (tertiary/aromatic N) is 3. The van der Waals surface area contributed by atoms with Crippen molar-refractivity contribution in [2.75, 3.05) is 13.7 Å². The van der Waals surface area contributed by atoms with Gasteiger partial charge in [-0.25, -0.2) is 0 Å². The minimum absolute atomic E-state index is 0.0138. The van der Waals surface area contributed by atoms with Gasteiger partial charge in [0.1, 0.15) is 0 Å². The molecule has 0 radical (unpaired) electrons. The molecule has 0 aromatic carbocycles. The van der Waals surface area contributed by atoms with Crippen molar-refractivity contribution in [2.45, 2.75) is 18.9 Å². The lowest BCUT2D eigenvalue weighted by Gasteiger charge is -2.37. The lowest BCUT2D eigenvalue weighted by Crippen LogP contribution is -2.43. The van der Waals surface area contributed by atoms with Crippen LogP contribution in [0.15, 0.2) is 12.4 Å². The van der Waals surface area contributed by atoms with Crippen molar-refractivity contribution < 1.29 is 14.3 Å². The van der Waals surface area contributed by atoms with E-state index in [-0.39, 0.29) is 24.5 Å². The van der Waals surface area contributed by atoms with Crippen LogP contribution in [0.4, 0.5) is 0 Å². The number of aromatic nitrogens is 2. The standard InChI is InChI=1S/C14H17N3O3/c1-4-7-20-14(19)11-5-6-12(18)17(3)13(11)10-8-15-16(2)9-10/h1,8-9,11,13H,5-7H2,2-3H3/t11-,13-/m0/s1. The lowest BCUT2D eigenvalue weighted by molar-refractivity contribution is -0.155. The summed E-state index contributed by atoms with van der Waals surface area (Å²) in [5.74, 6) is 1.52. The highest BCUT2D eigenvalue weighted by Crippen LogP contribution is 2.36. The van der Waals surface area contributed by atoms with Crippen LogP contribution >= 0.6 is 0 Å². The fourth-order valence-electron chi connectivity index (χ4n) is 2.55. The first-order chi connectivity index (χ1) is 9.54. The molecule has 106 valence electrons. The van der Waals surface area contributed by atoms with E-state index >= 15 is 0 Å². The van der Waals surface area contributed by atoms with Gasteiger partial charge in [0, 0.05) is 32.3 Å². The second kappa shape index (κ2) is 5.78. The summed E-state index contributed by atoms with van der Waals surface area (Å²) in [6, 6.07) is -0.352. The number of carbonyl (C=O) groups is 2. The number of likely N-dealkylation sites (tertiary alicyclic amines) is 1. The van der Waals surface area contributed by atoms with Crippen molar-refractivity contribution >= 4 is 11.9 Å². The Bertz CT molecular complexity index is 558. The molecule has 0 aliphatic carbocycles. The molecule has 0 bridgehead atoms. The van der Waals surface area contributed by atoms with Gasteiger partial charge in [0.05, 0.1) is 18.2 Å². The van der Waals surface area contributed by atoms with E-state index in [9.17, 15) is 9.59 Å². The number of piperidine rings is 1. The van der Waals surface area contributed by atoms with Crippen molar-refractivity contribution in [2.24, 2.45) is 13.0 Å². The lowest BCUT2D eigenvalue weighted by atomic mass is 9.86. The maximum atomic E-state index is 12.1. The molecule has 1 saturated heterocycles. The van der Waals surface area contributed by atoms with Crippen LogP contribution < -0.4 is 0 Å². The first kappa shape index (κ1) is 14.1. The Labute approximate surface area is 117 Å². The van der Waals surface area contributed by atoms with E-state index in [1.165, 1.54) is 0 Å². The fraction of sp³-hybridized carbons (Fsp3) is 0.500. The number of rotatable bonds is 3. The Morgan fingerprint density at radius 3 is 2.95 bits per heavy atom. The molecule has 2 atom stereocenters. The van der Waals surface area contributed by atoms with E-state index in [0.717, 1.165) is 5.56 Å². The van der Waals surface area contributed by atoms with Gasteiger partial charge in [-0.2, -0.15) is 5.10 Å². The third-order valence-corrected chi connectivity index (χ3v) is 3.53. The molecule has 6 heteroatoms. The number of esters is 1. The summed E-state index contributed by atoms with van der Waals surface area (Å²) in [6.45, 7) is -0.0489. The number of terminal acetylenes is 1.